The van der Waals surface area contributed by atoms with Gasteiger partial charge in [-0.15, -0.1) is 0 Å². The molecule has 3 N–H and O–H groups in total. The van der Waals surface area contributed by atoms with Crippen molar-refractivity contribution in [3.05, 3.63) is 53.1 Å². The highest BCUT2D eigenvalue weighted by Crippen LogP contribution is 2.40. The van der Waals surface area contributed by atoms with Crippen molar-refractivity contribution in [2.45, 2.75) is 26.8 Å². The van der Waals surface area contributed by atoms with Crippen molar-refractivity contribution in [1.29, 1.82) is 0 Å². The van der Waals surface area contributed by atoms with Crippen molar-refractivity contribution < 1.29 is 14.6 Å². The van der Waals surface area contributed by atoms with E-state index in [2.05, 4.69) is 24.9 Å². The molecule has 2 atom stereocenters. The molecule has 0 radical (unpaired) electrons. The Bertz CT molecular complexity index is 952. The van der Waals surface area contributed by atoms with Gasteiger partial charge >= 0.3 is 5.97 Å². The Balaban J connectivity index is 1.80. The van der Waals surface area contributed by atoms with E-state index in [1.807, 2.05) is 19.1 Å². The number of carboxylic acids is 1. The topological polar surface area (TPSA) is 88.2 Å². The van der Waals surface area contributed by atoms with Crippen molar-refractivity contribution in [3.8, 4) is 5.75 Å². The summed E-state index contributed by atoms with van der Waals surface area (Å²) >= 11 is 0. The monoisotopic (exact) mass is 365 g/mol. The number of carbonyl (C=O) groups is 1. The van der Waals surface area contributed by atoms with Crippen LogP contribution in [0.5, 0.6) is 5.75 Å². The first-order valence-electron chi connectivity index (χ1n) is 9.11. The highest BCUT2D eigenvalue weighted by atomic mass is 16.5. The minimum atomic E-state index is -0.962. The quantitative estimate of drug-likeness (QED) is 0.813. The fraction of sp³-hybridized carbons (Fsp3) is 0.333. The first-order chi connectivity index (χ1) is 12.9. The summed E-state index contributed by atoms with van der Waals surface area (Å²) in [5, 5.41) is 16.2. The van der Waals surface area contributed by atoms with Crippen LogP contribution in [0.1, 0.15) is 35.3 Å². The van der Waals surface area contributed by atoms with Crippen molar-refractivity contribution in [2.24, 2.45) is 16.9 Å². The van der Waals surface area contributed by atoms with E-state index >= 15 is 0 Å². The fourth-order valence-corrected chi connectivity index (χ4v) is 3.97. The Kier molecular flexibility index (Phi) is 4.06. The van der Waals surface area contributed by atoms with Gasteiger partial charge in [0.25, 0.3) is 0 Å². The van der Waals surface area contributed by atoms with Gasteiger partial charge in [0.2, 0.25) is 0 Å². The van der Waals surface area contributed by atoms with E-state index in [0.29, 0.717) is 18.3 Å². The van der Waals surface area contributed by atoms with Crippen LogP contribution in [0.2, 0.25) is 0 Å². The SMILES string of the molecule is Cc1cc(N2N=C3c4ccc(C(=O)O)cc4OCC3C2C(C)C)ccc1N. The van der Waals surface area contributed by atoms with Gasteiger partial charge in [-0.2, -0.15) is 5.10 Å². The molecule has 0 bridgehead atoms. The molecule has 0 fully saturated rings. The molecule has 0 amide bonds. The van der Waals surface area contributed by atoms with E-state index in [1.54, 1.807) is 18.2 Å². The first-order valence-corrected chi connectivity index (χ1v) is 9.11. The van der Waals surface area contributed by atoms with E-state index in [1.165, 1.54) is 0 Å². The first kappa shape index (κ1) is 17.4. The molecule has 4 rings (SSSR count). The predicted octanol–water partition coefficient (Wildman–Crippen LogP) is 3.53. The predicted molar refractivity (Wildman–Crippen MR) is 106 cm³/mol. The van der Waals surface area contributed by atoms with Crippen LogP contribution in [0, 0.1) is 18.8 Å². The molecule has 0 saturated heterocycles. The van der Waals surface area contributed by atoms with Gasteiger partial charge < -0.3 is 15.6 Å². The average Bonchev–Trinajstić information content (AvgIpc) is 3.03. The summed E-state index contributed by atoms with van der Waals surface area (Å²) in [6.07, 6.45) is 0. The highest BCUT2D eigenvalue weighted by Gasteiger charge is 2.43. The van der Waals surface area contributed by atoms with E-state index in [-0.39, 0.29) is 17.5 Å². The number of nitrogens with zero attached hydrogens (tertiary/aromatic N) is 2. The Hall–Kier alpha value is -3.02. The summed E-state index contributed by atoms with van der Waals surface area (Å²) in [5.41, 5.74) is 10.8. The highest BCUT2D eigenvalue weighted by molar-refractivity contribution is 6.08. The molecule has 6 nitrogen and oxygen atoms in total. The Morgan fingerprint density at radius 3 is 2.74 bits per heavy atom. The van der Waals surface area contributed by atoms with Crippen LogP contribution >= 0.6 is 0 Å². The van der Waals surface area contributed by atoms with Crippen LogP contribution in [0.3, 0.4) is 0 Å². The second kappa shape index (κ2) is 6.30. The second-order valence-electron chi connectivity index (χ2n) is 7.54. The van der Waals surface area contributed by atoms with Gasteiger partial charge in [-0.05, 0) is 54.8 Å². The molecule has 2 aliphatic heterocycles. The number of rotatable bonds is 3. The van der Waals surface area contributed by atoms with E-state index in [4.69, 9.17) is 15.6 Å². The Morgan fingerprint density at radius 2 is 2.07 bits per heavy atom. The van der Waals surface area contributed by atoms with Crippen molar-refractivity contribution in [2.75, 3.05) is 17.3 Å². The third-order valence-corrected chi connectivity index (χ3v) is 5.39. The van der Waals surface area contributed by atoms with Crippen LogP contribution in [-0.2, 0) is 0 Å². The summed E-state index contributed by atoms with van der Waals surface area (Å²) in [7, 11) is 0. The van der Waals surface area contributed by atoms with E-state index < -0.39 is 5.97 Å². The second-order valence-corrected chi connectivity index (χ2v) is 7.54. The number of nitrogen functional groups attached to an aromatic ring is 1. The summed E-state index contributed by atoms with van der Waals surface area (Å²) in [5.74, 6) is 0.113. The van der Waals surface area contributed by atoms with Gasteiger partial charge in [-0.25, -0.2) is 4.79 Å². The van der Waals surface area contributed by atoms with Crippen LogP contribution in [0.4, 0.5) is 11.4 Å². The lowest BCUT2D eigenvalue weighted by Crippen LogP contribution is -2.42. The number of hydrogen-bond acceptors (Lipinski definition) is 5. The Morgan fingerprint density at radius 1 is 1.30 bits per heavy atom. The van der Waals surface area contributed by atoms with Crippen LogP contribution in [0.15, 0.2) is 41.5 Å². The van der Waals surface area contributed by atoms with Gasteiger partial charge in [-0.3, -0.25) is 5.01 Å². The Labute approximate surface area is 158 Å². The summed E-state index contributed by atoms with van der Waals surface area (Å²) in [6.45, 7) is 6.85. The number of benzene rings is 2. The van der Waals surface area contributed by atoms with Gasteiger partial charge in [0, 0.05) is 11.3 Å². The average molecular weight is 365 g/mol. The van der Waals surface area contributed by atoms with E-state index in [0.717, 1.165) is 28.2 Å². The number of hydrazone groups is 1. The number of nitrogens with two attached hydrogens (primary N) is 1. The molecule has 27 heavy (non-hydrogen) atoms. The standard InChI is InChI=1S/C21H23N3O3/c1-11(2)20-16-10-27-18-9-13(21(25)26)4-6-15(18)19(16)23-24(20)14-5-7-17(22)12(3)8-14/h4-9,11,16,20H,10,22H2,1-3H3,(H,25,26). The third-order valence-electron chi connectivity index (χ3n) is 5.39. The number of fused-ring (bicyclic) bond motifs is 3. The molecule has 2 aliphatic rings. The summed E-state index contributed by atoms with van der Waals surface area (Å²) in [4.78, 5) is 11.2. The van der Waals surface area contributed by atoms with Crippen LogP contribution < -0.4 is 15.5 Å². The largest absolute Gasteiger partial charge is 0.492 e. The van der Waals surface area contributed by atoms with Gasteiger partial charge in [0.05, 0.1) is 35.5 Å². The molecule has 2 aromatic carbocycles. The zero-order valence-electron chi connectivity index (χ0n) is 15.6. The minimum absolute atomic E-state index is 0.131. The van der Waals surface area contributed by atoms with Gasteiger partial charge in [0.1, 0.15) is 5.75 Å². The lowest BCUT2D eigenvalue weighted by atomic mass is 9.83. The maximum atomic E-state index is 11.2. The molecule has 140 valence electrons. The molecule has 0 aliphatic carbocycles. The van der Waals surface area contributed by atoms with Crippen LogP contribution in [-0.4, -0.2) is 29.4 Å². The zero-order valence-corrected chi connectivity index (χ0v) is 15.6. The number of ether oxygens (including phenoxy) is 1. The maximum absolute atomic E-state index is 11.2. The molecule has 2 aromatic rings. The molecule has 0 spiro atoms. The molecular formula is C21H23N3O3. The molecular weight excluding hydrogens is 342 g/mol. The number of carboxylic acid groups (broad SMARTS) is 1. The smallest absolute Gasteiger partial charge is 0.335 e. The number of aromatic carboxylic acids is 1. The number of aryl methyl sites for hydroxylation is 1. The third kappa shape index (κ3) is 2.81. The zero-order chi connectivity index (χ0) is 19.3. The lowest BCUT2D eigenvalue weighted by molar-refractivity contribution is 0.0696. The van der Waals surface area contributed by atoms with Crippen molar-refractivity contribution in [3.63, 3.8) is 0 Å². The van der Waals surface area contributed by atoms with E-state index in [9.17, 15) is 9.90 Å². The molecule has 0 saturated carbocycles. The summed E-state index contributed by atoms with van der Waals surface area (Å²) in [6, 6.07) is 11.1. The van der Waals surface area contributed by atoms with Gasteiger partial charge in [-0.1, -0.05) is 13.8 Å². The lowest BCUT2D eigenvalue weighted by Gasteiger charge is -2.33. The fourth-order valence-electron chi connectivity index (χ4n) is 3.97. The molecule has 2 unspecified atom stereocenters. The van der Waals surface area contributed by atoms with Crippen LogP contribution in [0.25, 0.3) is 0 Å². The molecule has 2 heterocycles. The number of hydrogen-bond donors (Lipinski definition) is 2. The normalized spacial score (nSPS) is 20.7. The maximum Gasteiger partial charge on any atom is 0.335 e. The molecule has 6 heteroatoms. The van der Waals surface area contributed by atoms with Crippen molar-refractivity contribution >= 4 is 23.1 Å². The van der Waals surface area contributed by atoms with Crippen molar-refractivity contribution in [1.82, 2.24) is 0 Å². The summed E-state index contributed by atoms with van der Waals surface area (Å²) < 4.78 is 5.94. The van der Waals surface area contributed by atoms with Gasteiger partial charge in [0.15, 0.2) is 0 Å². The number of anilines is 2. The molecule has 0 aromatic heterocycles. The minimum Gasteiger partial charge on any atom is -0.492 e.